The first kappa shape index (κ1) is 42.1. The van der Waals surface area contributed by atoms with Crippen LogP contribution in [-0.2, 0) is 31.9 Å². The van der Waals surface area contributed by atoms with Crippen LogP contribution in [0.3, 0.4) is 0 Å². The number of para-hydroxylation sites is 1. The number of hydrogen-bond acceptors (Lipinski definition) is 3. The predicted molar refractivity (Wildman–Crippen MR) is 250 cm³/mol. The molecule has 0 amide bonds. The summed E-state index contributed by atoms with van der Waals surface area (Å²) < 4.78 is 4.57. The molecule has 0 saturated heterocycles. The van der Waals surface area contributed by atoms with Crippen LogP contribution in [0, 0.1) is 6.07 Å². The second-order valence-electron chi connectivity index (χ2n) is 18.0. The van der Waals surface area contributed by atoms with E-state index in [4.69, 9.17) is 15.0 Å². The molecule has 61 heavy (non-hydrogen) atoms. The van der Waals surface area contributed by atoms with Gasteiger partial charge in [0.2, 0.25) is 0 Å². The maximum Gasteiger partial charge on any atom is 2.00 e. The number of anilines is 1. The summed E-state index contributed by atoms with van der Waals surface area (Å²) in [6, 6.07) is 47.6. The first-order valence-electron chi connectivity index (χ1n) is 21.3. The van der Waals surface area contributed by atoms with E-state index in [2.05, 4.69) is 216 Å². The molecule has 9 rings (SSSR count). The van der Waals surface area contributed by atoms with Crippen LogP contribution in [0.15, 0.2) is 146 Å². The van der Waals surface area contributed by atoms with Gasteiger partial charge in [0.1, 0.15) is 5.82 Å². The number of benzene rings is 5. The van der Waals surface area contributed by atoms with Crippen LogP contribution < -0.4 is 15.3 Å². The molecule has 0 unspecified atom stereocenters. The van der Waals surface area contributed by atoms with E-state index in [1.165, 1.54) is 44.5 Å². The van der Waals surface area contributed by atoms with Crippen LogP contribution in [0.4, 0.5) is 5.69 Å². The molecule has 8 heteroatoms. The Morgan fingerprint density at radius 3 is 1.80 bits per heavy atom. The number of nitrogens with zero attached hydrogens (tertiary/aromatic N) is 6. The summed E-state index contributed by atoms with van der Waals surface area (Å²) in [6.45, 7) is 18.1. The normalized spacial score (nSPS) is 12.8. The molecule has 0 fully saturated rings. The molecule has 4 heterocycles. The van der Waals surface area contributed by atoms with E-state index in [0.29, 0.717) is 11.8 Å². The molecule has 5 aromatic carbocycles. The van der Waals surface area contributed by atoms with Gasteiger partial charge in [-0.3, -0.25) is 4.98 Å². The largest absolute Gasteiger partial charge is 2.00 e. The third-order valence-electron chi connectivity index (χ3n) is 13.3. The zero-order valence-electron chi connectivity index (χ0n) is 36.6. The van der Waals surface area contributed by atoms with Gasteiger partial charge in [0.05, 0.1) is 5.69 Å². The summed E-state index contributed by atoms with van der Waals surface area (Å²) >= 11 is 0. The number of fused-ring (bicyclic) bond motifs is 3. The van der Waals surface area contributed by atoms with Gasteiger partial charge in [-0.15, -0.1) is 23.8 Å². The summed E-state index contributed by atoms with van der Waals surface area (Å²) in [5, 5.41) is 0. The second kappa shape index (κ2) is 16.3. The van der Waals surface area contributed by atoms with Crippen molar-refractivity contribution in [1.29, 1.82) is 0 Å². The van der Waals surface area contributed by atoms with Crippen LogP contribution in [0.25, 0.3) is 50.8 Å². The zero-order chi connectivity index (χ0) is 41.9. The Morgan fingerprint density at radius 2 is 1.20 bits per heavy atom. The molecular weight excluding hydrogens is 927 g/mol. The minimum Gasteiger partial charge on any atom is -0.658 e. The van der Waals surface area contributed by atoms with Gasteiger partial charge < -0.3 is 18.8 Å². The maximum absolute atomic E-state index is 5.37. The first-order chi connectivity index (χ1) is 28.9. The van der Waals surface area contributed by atoms with Gasteiger partial charge in [0.25, 0.3) is 0 Å². The topological polar surface area (TPSA) is 53.0 Å². The molecule has 0 atom stereocenters. The van der Waals surface area contributed by atoms with Crippen LogP contribution >= 0.6 is 0 Å². The molecule has 8 aromatic rings. The average Bonchev–Trinajstić information content (AvgIpc) is 4.06. The molecule has 0 saturated carbocycles. The van der Waals surface area contributed by atoms with E-state index >= 15 is 0 Å². The third-order valence-corrected chi connectivity index (χ3v) is 13.3. The molecule has 0 radical (unpaired) electrons. The van der Waals surface area contributed by atoms with Crippen molar-refractivity contribution in [2.45, 2.75) is 78.1 Å². The Morgan fingerprint density at radius 1 is 0.623 bits per heavy atom. The Labute approximate surface area is 376 Å². The second-order valence-corrected chi connectivity index (χ2v) is 18.0. The van der Waals surface area contributed by atoms with E-state index in [1.807, 2.05) is 12.4 Å². The Hall–Kier alpha value is -5.65. The minimum absolute atomic E-state index is 0. The smallest absolute Gasteiger partial charge is 0.658 e. The van der Waals surface area contributed by atoms with E-state index in [9.17, 15) is 0 Å². The fraction of sp³-hybridized carbons (Fsp3) is 0.245. The van der Waals surface area contributed by atoms with Crippen LogP contribution in [0.5, 0.6) is 0 Å². The SMILES string of the molecule is CC(C)c1cccc(C(C)C)c1-n1ccnc1-c1ccc(C(C)(C)C(C)(C)c2[c-]c3c(cc2)N(C)B(c2c(-c4ccccc4)cccc2-c2ccccc2)n2ccnc2-3)[n-]1.[Pt+2]. The fourth-order valence-electron chi connectivity index (χ4n) is 9.21. The minimum atomic E-state index is -0.371. The van der Waals surface area contributed by atoms with Gasteiger partial charge in [-0.1, -0.05) is 182 Å². The van der Waals surface area contributed by atoms with E-state index < -0.39 is 0 Å². The molecule has 1 aliphatic rings. The molecule has 0 N–H and O–H groups in total. The number of imidazole rings is 2. The van der Waals surface area contributed by atoms with Crippen molar-refractivity contribution in [1.82, 2.24) is 24.0 Å². The Bertz CT molecular complexity index is 2730. The van der Waals surface area contributed by atoms with E-state index in [-0.39, 0.29) is 38.9 Å². The number of hydrogen-bond donors (Lipinski definition) is 0. The van der Waals surface area contributed by atoms with Crippen molar-refractivity contribution in [3.63, 3.8) is 0 Å². The summed E-state index contributed by atoms with van der Waals surface area (Å²) in [5.74, 6) is 2.50. The molecule has 0 aliphatic carbocycles. The summed E-state index contributed by atoms with van der Waals surface area (Å²) in [6.07, 6.45) is 8.03. The molecule has 1 aliphatic heterocycles. The van der Waals surface area contributed by atoms with Crippen molar-refractivity contribution in [3.05, 3.63) is 175 Å². The standard InChI is InChI=1S/C53H53BN6.Pt/c1-35(2)40-22-16-23-41(36(3)4)49(40)59-32-30-56-51(59)45-27-29-47(57-45)53(7,8)52(5,6)39-26-28-46-44(34-39)50-55-31-33-60(50)54(58(46)9)48-42(37-18-12-10-13-19-37)24-17-25-43(48)38-20-14-11-15-21-38;/h10-33,35-36H,1-9H3;/q-2;+2. The van der Waals surface area contributed by atoms with E-state index in [1.54, 1.807) is 0 Å². The molecular formula is C53H53BN6Pt. The average molecular weight is 980 g/mol. The molecule has 308 valence electrons. The molecule has 3 aromatic heterocycles. The molecule has 0 bridgehead atoms. The van der Waals surface area contributed by atoms with Gasteiger partial charge in [0, 0.05) is 30.6 Å². The van der Waals surface area contributed by atoms with Crippen molar-refractivity contribution in [2.75, 3.05) is 11.9 Å². The third kappa shape index (κ3) is 7.05. The quantitative estimate of drug-likeness (QED) is 0.101. The van der Waals surface area contributed by atoms with Gasteiger partial charge >= 0.3 is 28.0 Å². The Kier molecular flexibility index (Phi) is 11.3. The Balaban J connectivity index is 0.00000514. The van der Waals surface area contributed by atoms with Crippen molar-refractivity contribution < 1.29 is 21.1 Å². The summed E-state index contributed by atoms with van der Waals surface area (Å²) in [7, 11) is 2.20. The van der Waals surface area contributed by atoms with Crippen LogP contribution in [0.1, 0.15) is 89.6 Å². The maximum atomic E-state index is 5.37. The number of aromatic nitrogens is 5. The molecule has 0 spiro atoms. The summed E-state index contributed by atoms with van der Waals surface area (Å²) in [4.78, 5) is 17.7. The fourth-order valence-corrected chi connectivity index (χ4v) is 9.21. The van der Waals surface area contributed by atoms with Gasteiger partial charge in [-0.2, -0.15) is 5.69 Å². The summed E-state index contributed by atoms with van der Waals surface area (Å²) in [5.41, 5.74) is 14.2. The van der Waals surface area contributed by atoms with Gasteiger partial charge in [0.15, 0.2) is 0 Å². The van der Waals surface area contributed by atoms with Crippen molar-refractivity contribution >= 4 is 18.1 Å². The van der Waals surface area contributed by atoms with Crippen LogP contribution in [-0.4, -0.2) is 33.0 Å². The van der Waals surface area contributed by atoms with Crippen LogP contribution in [0.2, 0.25) is 0 Å². The molecule has 6 nitrogen and oxygen atoms in total. The predicted octanol–water partition coefficient (Wildman–Crippen LogP) is 11.7. The number of rotatable bonds is 10. The van der Waals surface area contributed by atoms with Gasteiger partial charge in [-0.25, -0.2) is 4.98 Å². The first-order valence-corrected chi connectivity index (χ1v) is 21.3. The van der Waals surface area contributed by atoms with Gasteiger partial charge in [-0.05, 0) is 68.6 Å². The zero-order valence-corrected chi connectivity index (χ0v) is 38.9. The monoisotopic (exact) mass is 979 g/mol. The van der Waals surface area contributed by atoms with Crippen molar-refractivity contribution in [2.24, 2.45) is 0 Å². The van der Waals surface area contributed by atoms with Crippen molar-refractivity contribution in [3.8, 4) is 50.8 Å². The van der Waals surface area contributed by atoms with E-state index in [0.717, 1.165) is 39.9 Å².